The Morgan fingerprint density at radius 3 is 2.60 bits per heavy atom. The average Bonchev–Trinajstić information content (AvgIpc) is 2.62. The van der Waals surface area contributed by atoms with Crippen LogP contribution in [-0.2, 0) is 24.3 Å². The van der Waals surface area contributed by atoms with E-state index in [1.165, 1.54) is 10.4 Å². The van der Waals surface area contributed by atoms with Crippen LogP contribution in [0, 0.1) is 6.92 Å². The molecular weight excluding hydrogens is 344 g/mol. The maximum atomic E-state index is 12.8. The zero-order chi connectivity index (χ0) is 18.4. The van der Waals surface area contributed by atoms with Crippen LogP contribution in [0.5, 0.6) is 0 Å². The number of carbonyl (C=O) groups is 1. The van der Waals surface area contributed by atoms with Gasteiger partial charge in [0.05, 0.1) is 18.1 Å². The molecule has 1 amide bonds. The Hall–Kier alpha value is -1.48. The van der Waals surface area contributed by atoms with Crippen molar-refractivity contribution in [2.45, 2.75) is 38.2 Å². The fourth-order valence-corrected chi connectivity index (χ4v) is 4.06. The first kappa shape index (κ1) is 19.8. The van der Waals surface area contributed by atoms with Gasteiger partial charge in [-0.25, -0.2) is 8.42 Å². The van der Waals surface area contributed by atoms with E-state index in [1.807, 2.05) is 20.8 Å². The highest BCUT2D eigenvalue weighted by atomic mass is 32.2. The van der Waals surface area contributed by atoms with Gasteiger partial charge in [0, 0.05) is 25.4 Å². The molecule has 1 aliphatic heterocycles. The van der Waals surface area contributed by atoms with Crippen LogP contribution in [0.25, 0.3) is 0 Å². The predicted octanol–water partition coefficient (Wildman–Crippen LogP) is 1.77. The van der Waals surface area contributed by atoms with Gasteiger partial charge in [-0.2, -0.15) is 4.31 Å². The van der Waals surface area contributed by atoms with Crippen molar-refractivity contribution in [1.29, 1.82) is 0 Å². The van der Waals surface area contributed by atoms with Gasteiger partial charge in [0.25, 0.3) is 5.91 Å². The number of rotatable bonds is 7. The quantitative estimate of drug-likeness (QED) is 0.791. The predicted molar refractivity (Wildman–Crippen MR) is 95.1 cm³/mol. The lowest BCUT2D eigenvalue weighted by molar-refractivity contribution is -0.127. The third kappa shape index (κ3) is 4.78. The molecule has 0 aliphatic carbocycles. The highest BCUT2D eigenvalue weighted by Crippen LogP contribution is 2.24. The molecule has 1 fully saturated rings. The van der Waals surface area contributed by atoms with Gasteiger partial charge in [0.2, 0.25) is 10.0 Å². The fourth-order valence-electron chi connectivity index (χ4n) is 2.63. The van der Waals surface area contributed by atoms with Crippen molar-refractivity contribution >= 4 is 21.6 Å². The summed E-state index contributed by atoms with van der Waals surface area (Å²) in [6.45, 7) is 7.41. The maximum absolute atomic E-state index is 12.8. The number of morpholine rings is 1. The lowest BCUT2D eigenvalue weighted by Gasteiger charge is -2.26. The summed E-state index contributed by atoms with van der Waals surface area (Å²) in [4.78, 5) is 12.5. The smallest absolute Gasteiger partial charge is 0.253 e. The average molecular weight is 370 g/mol. The molecule has 7 nitrogen and oxygen atoms in total. The molecule has 1 aliphatic rings. The number of hydrogen-bond donors (Lipinski definition) is 1. The third-order valence-electron chi connectivity index (χ3n) is 4.11. The van der Waals surface area contributed by atoms with Crippen molar-refractivity contribution in [2.24, 2.45) is 0 Å². The molecule has 1 aromatic rings. The number of nitrogens with one attached hydrogen (secondary N) is 1. The second kappa shape index (κ2) is 8.75. The molecule has 0 radical (unpaired) electrons. The number of sulfonamides is 1. The van der Waals surface area contributed by atoms with E-state index >= 15 is 0 Å². The Morgan fingerprint density at radius 1 is 1.32 bits per heavy atom. The minimum atomic E-state index is -3.60. The third-order valence-corrected chi connectivity index (χ3v) is 6.00. The summed E-state index contributed by atoms with van der Waals surface area (Å²) in [5.74, 6) is -0.270. The zero-order valence-electron chi connectivity index (χ0n) is 14.9. The molecule has 1 atom stereocenters. The second-order valence-corrected chi connectivity index (χ2v) is 7.77. The number of anilines is 1. The van der Waals surface area contributed by atoms with Gasteiger partial charge >= 0.3 is 0 Å². The number of hydrogen-bond acceptors (Lipinski definition) is 5. The number of carbonyl (C=O) groups excluding carboxylic acids is 1. The van der Waals surface area contributed by atoms with Gasteiger partial charge in [0.15, 0.2) is 0 Å². The van der Waals surface area contributed by atoms with Crippen molar-refractivity contribution in [3.63, 3.8) is 0 Å². The van der Waals surface area contributed by atoms with E-state index < -0.39 is 16.1 Å². The number of nitrogens with zero attached hydrogens (tertiary/aromatic N) is 1. The molecule has 140 valence electrons. The fraction of sp³-hybridized carbons (Fsp3) is 0.588. The molecule has 0 saturated carbocycles. The lowest BCUT2D eigenvalue weighted by Crippen LogP contribution is -2.40. The Kier molecular flexibility index (Phi) is 6.95. The first-order valence-electron chi connectivity index (χ1n) is 8.51. The number of aryl methyl sites for hydroxylation is 1. The highest BCUT2D eigenvalue weighted by molar-refractivity contribution is 7.89. The molecule has 1 saturated heterocycles. The van der Waals surface area contributed by atoms with Gasteiger partial charge in [0.1, 0.15) is 6.10 Å². The molecule has 1 N–H and O–H groups in total. The zero-order valence-corrected chi connectivity index (χ0v) is 15.8. The van der Waals surface area contributed by atoms with Crippen molar-refractivity contribution in [2.75, 3.05) is 38.2 Å². The van der Waals surface area contributed by atoms with Crippen molar-refractivity contribution in [1.82, 2.24) is 4.31 Å². The first-order chi connectivity index (χ1) is 11.9. The summed E-state index contributed by atoms with van der Waals surface area (Å²) in [5.41, 5.74) is 1.28. The highest BCUT2D eigenvalue weighted by Gasteiger charge is 2.27. The summed E-state index contributed by atoms with van der Waals surface area (Å²) in [6.07, 6.45) is -0.00582. The molecule has 1 heterocycles. The summed E-state index contributed by atoms with van der Waals surface area (Å²) in [5, 5.41) is 2.79. The largest absolute Gasteiger partial charge is 0.379 e. The Bertz CT molecular complexity index is 699. The molecule has 0 aromatic heterocycles. The molecule has 25 heavy (non-hydrogen) atoms. The van der Waals surface area contributed by atoms with Crippen LogP contribution in [0.3, 0.4) is 0 Å². The first-order valence-corrected chi connectivity index (χ1v) is 9.95. The van der Waals surface area contributed by atoms with E-state index in [0.717, 1.165) is 5.56 Å². The van der Waals surface area contributed by atoms with Crippen LogP contribution < -0.4 is 5.32 Å². The number of ether oxygens (including phenoxy) is 2. The van der Waals surface area contributed by atoms with Gasteiger partial charge in [-0.05, 0) is 38.0 Å². The minimum Gasteiger partial charge on any atom is -0.379 e. The van der Waals surface area contributed by atoms with E-state index in [9.17, 15) is 13.2 Å². The molecule has 0 spiro atoms. The van der Waals surface area contributed by atoms with Crippen molar-refractivity contribution < 1.29 is 22.7 Å². The monoisotopic (exact) mass is 370 g/mol. The van der Waals surface area contributed by atoms with E-state index in [1.54, 1.807) is 12.1 Å². The van der Waals surface area contributed by atoms with Crippen molar-refractivity contribution in [3.05, 3.63) is 23.8 Å². The number of benzene rings is 1. The summed E-state index contributed by atoms with van der Waals surface area (Å²) in [7, 11) is -3.60. The molecule has 2 rings (SSSR count). The molecule has 1 aromatic carbocycles. The van der Waals surface area contributed by atoms with Crippen LogP contribution >= 0.6 is 0 Å². The standard InChI is InChI=1S/C17H26N2O5S/c1-4-16(24-5-2)17(20)18-15-12-14(7-6-13(15)3)25(21,22)19-8-10-23-11-9-19/h6-7,12,16H,4-5,8-11H2,1-3H3,(H,18,20). The summed E-state index contributed by atoms with van der Waals surface area (Å²) < 4.78 is 37.5. The van der Waals surface area contributed by atoms with E-state index in [2.05, 4.69) is 5.32 Å². The van der Waals surface area contributed by atoms with Gasteiger partial charge in [-0.15, -0.1) is 0 Å². The summed E-state index contributed by atoms with van der Waals surface area (Å²) >= 11 is 0. The van der Waals surface area contributed by atoms with Gasteiger partial charge in [-0.1, -0.05) is 13.0 Å². The SMILES string of the molecule is CCOC(CC)C(=O)Nc1cc(S(=O)(=O)N2CCOCC2)ccc1C. The van der Waals surface area contributed by atoms with Gasteiger partial charge in [-0.3, -0.25) is 4.79 Å². The molecule has 8 heteroatoms. The second-order valence-electron chi connectivity index (χ2n) is 5.83. The lowest BCUT2D eigenvalue weighted by atomic mass is 10.2. The van der Waals surface area contributed by atoms with Crippen LogP contribution in [-0.4, -0.2) is 57.6 Å². The topological polar surface area (TPSA) is 84.9 Å². The van der Waals surface area contributed by atoms with Crippen LogP contribution in [0.1, 0.15) is 25.8 Å². The van der Waals surface area contributed by atoms with E-state index in [-0.39, 0.29) is 10.8 Å². The van der Waals surface area contributed by atoms with Crippen LogP contribution in [0.4, 0.5) is 5.69 Å². The maximum Gasteiger partial charge on any atom is 0.253 e. The van der Waals surface area contributed by atoms with E-state index in [4.69, 9.17) is 9.47 Å². The van der Waals surface area contributed by atoms with Crippen molar-refractivity contribution in [3.8, 4) is 0 Å². The van der Waals surface area contributed by atoms with E-state index in [0.29, 0.717) is 45.0 Å². The molecular formula is C17H26N2O5S. The van der Waals surface area contributed by atoms with Crippen LogP contribution in [0.15, 0.2) is 23.1 Å². The molecule has 0 bridgehead atoms. The molecule has 1 unspecified atom stereocenters. The Morgan fingerprint density at radius 2 is 2.00 bits per heavy atom. The summed E-state index contributed by atoms with van der Waals surface area (Å²) in [6, 6.07) is 4.77. The Labute approximate surface area is 149 Å². The minimum absolute atomic E-state index is 0.166. The number of amides is 1. The van der Waals surface area contributed by atoms with Crippen LogP contribution in [0.2, 0.25) is 0 Å². The van der Waals surface area contributed by atoms with Gasteiger partial charge < -0.3 is 14.8 Å². The normalized spacial score (nSPS) is 17.2. The Balaban J connectivity index is 2.23.